The number of carbonyl (C=O) groups excluding carboxylic acids is 2. The second kappa shape index (κ2) is 9.65. The van der Waals surface area contributed by atoms with Gasteiger partial charge in [-0.1, -0.05) is 30.3 Å². The van der Waals surface area contributed by atoms with Crippen molar-refractivity contribution in [3.8, 4) is 0 Å². The summed E-state index contributed by atoms with van der Waals surface area (Å²) in [5.74, 6) is -1.55. The summed E-state index contributed by atoms with van der Waals surface area (Å²) in [5.41, 5.74) is 0.666. The quantitative estimate of drug-likeness (QED) is 0.637. The Kier molecular flexibility index (Phi) is 7.27. The first kappa shape index (κ1) is 20.3. The molecule has 8 heteroatoms. The summed E-state index contributed by atoms with van der Waals surface area (Å²) in [6.45, 7) is -0.281. The molecule has 2 unspecified atom stereocenters. The molecule has 2 aromatic carbocycles. The average Bonchev–Trinajstić information content (AvgIpc) is 2.69. The Labute approximate surface area is 155 Å². The van der Waals surface area contributed by atoms with Gasteiger partial charge in [-0.3, -0.25) is 0 Å². The molecule has 0 saturated carbocycles. The van der Waals surface area contributed by atoms with Crippen molar-refractivity contribution in [3.05, 3.63) is 71.0 Å². The molecule has 0 radical (unpaired) electrons. The van der Waals surface area contributed by atoms with Crippen LogP contribution in [0.1, 0.15) is 27.6 Å². The highest BCUT2D eigenvalue weighted by molar-refractivity contribution is 5.89. The van der Waals surface area contributed by atoms with Crippen molar-refractivity contribution in [3.63, 3.8) is 0 Å². The third kappa shape index (κ3) is 6.05. The fourth-order valence-corrected chi connectivity index (χ4v) is 2.31. The minimum Gasteiger partial charge on any atom is -0.465 e. The zero-order valence-electron chi connectivity index (χ0n) is 14.6. The van der Waals surface area contributed by atoms with Gasteiger partial charge in [0.1, 0.15) is 24.6 Å². The van der Waals surface area contributed by atoms with Gasteiger partial charge in [0.15, 0.2) is 0 Å². The Morgan fingerprint density at radius 2 is 1.85 bits per heavy atom. The molecule has 0 aliphatic carbocycles. The molecule has 27 heavy (non-hydrogen) atoms. The Balaban J connectivity index is 1.89. The topological polar surface area (TPSA) is 105 Å². The first-order valence-electron chi connectivity index (χ1n) is 8.10. The van der Waals surface area contributed by atoms with E-state index in [1.165, 1.54) is 6.07 Å². The molecule has 0 aliphatic rings. The maximum atomic E-state index is 13.6. The number of aliphatic hydroxyl groups excluding tert-OH is 2. The van der Waals surface area contributed by atoms with E-state index in [4.69, 9.17) is 4.74 Å². The standard InChI is InChI=1S/C19H20FNO6/c1-26-18(24)14-7-13(8-15(20)9-14)17(23)16(22)10-21-19(25)27-11-12-5-3-2-4-6-12/h2-9,16-17,22-23H,10-11H2,1H3,(H,21,25). The van der Waals surface area contributed by atoms with E-state index in [1.807, 2.05) is 6.07 Å². The van der Waals surface area contributed by atoms with E-state index in [0.717, 1.165) is 24.8 Å². The van der Waals surface area contributed by atoms with E-state index in [1.54, 1.807) is 24.3 Å². The zero-order chi connectivity index (χ0) is 19.8. The van der Waals surface area contributed by atoms with Gasteiger partial charge in [-0.25, -0.2) is 14.0 Å². The lowest BCUT2D eigenvalue weighted by Gasteiger charge is -2.19. The van der Waals surface area contributed by atoms with Crippen LogP contribution in [-0.2, 0) is 16.1 Å². The lowest BCUT2D eigenvalue weighted by molar-refractivity contribution is 0.0181. The van der Waals surface area contributed by atoms with Crippen molar-refractivity contribution in [2.45, 2.75) is 18.8 Å². The van der Waals surface area contributed by atoms with E-state index in [-0.39, 0.29) is 24.3 Å². The molecular weight excluding hydrogens is 357 g/mol. The zero-order valence-corrected chi connectivity index (χ0v) is 14.6. The minimum atomic E-state index is -1.53. The largest absolute Gasteiger partial charge is 0.465 e. The van der Waals surface area contributed by atoms with Crippen molar-refractivity contribution in [1.29, 1.82) is 0 Å². The van der Waals surface area contributed by atoms with Gasteiger partial charge in [0.05, 0.1) is 12.7 Å². The Bertz CT molecular complexity index is 783. The van der Waals surface area contributed by atoms with Crippen LogP contribution in [0.15, 0.2) is 48.5 Å². The molecule has 0 aliphatic heterocycles. The number of esters is 1. The van der Waals surface area contributed by atoms with Crippen LogP contribution in [-0.4, -0.2) is 42.0 Å². The van der Waals surface area contributed by atoms with Crippen LogP contribution in [0, 0.1) is 5.82 Å². The highest BCUT2D eigenvalue weighted by Crippen LogP contribution is 2.20. The molecule has 2 rings (SSSR count). The fourth-order valence-electron chi connectivity index (χ4n) is 2.31. The number of ether oxygens (including phenoxy) is 2. The second-order valence-corrected chi connectivity index (χ2v) is 5.72. The molecule has 0 spiro atoms. The number of nitrogens with one attached hydrogen (secondary N) is 1. The molecule has 2 atom stereocenters. The summed E-state index contributed by atoms with van der Waals surface area (Å²) < 4.78 is 23.1. The van der Waals surface area contributed by atoms with Crippen LogP contribution >= 0.6 is 0 Å². The van der Waals surface area contributed by atoms with Gasteiger partial charge in [-0.05, 0) is 29.3 Å². The molecule has 0 aromatic heterocycles. The third-order valence-electron chi connectivity index (χ3n) is 3.72. The number of rotatable bonds is 7. The number of methoxy groups -OCH3 is 1. The van der Waals surface area contributed by atoms with Crippen LogP contribution in [0.25, 0.3) is 0 Å². The van der Waals surface area contributed by atoms with Gasteiger partial charge < -0.3 is 25.0 Å². The molecule has 0 bridgehead atoms. The van der Waals surface area contributed by atoms with Crippen molar-refractivity contribution in [2.24, 2.45) is 0 Å². The molecule has 2 aromatic rings. The summed E-state index contributed by atoms with van der Waals surface area (Å²) >= 11 is 0. The molecule has 7 nitrogen and oxygen atoms in total. The predicted octanol–water partition coefficient (Wildman–Crippen LogP) is 1.93. The Morgan fingerprint density at radius 3 is 2.52 bits per heavy atom. The highest BCUT2D eigenvalue weighted by Gasteiger charge is 2.22. The van der Waals surface area contributed by atoms with Gasteiger partial charge >= 0.3 is 12.1 Å². The predicted molar refractivity (Wildman–Crippen MR) is 93.3 cm³/mol. The number of hydrogen-bond donors (Lipinski definition) is 3. The van der Waals surface area contributed by atoms with Crippen molar-refractivity contribution < 1.29 is 33.7 Å². The van der Waals surface area contributed by atoms with Crippen LogP contribution in [0.5, 0.6) is 0 Å². The minimum absolute atomic E-state index is 0.0256. The maximum absolute atomic E-state index is 13.6. The van der Waals surface area contributed by atoms with E-state index >= 15 is 0 Å². The molecular formula is C19H20FNO6. The van der Waals surface area contributed by atoms with Gasteiger partial charge in [0.25, 0.3) is 0 Å². The highest BCUT2D eigenvalue weighted by atomic mass is 19.1. The summed E-state index contributed by atoms with van der Waals surface area (Å²) in [4.78, 5) is 23.2. The Morgan fingerprint density at radius 1 is 1.15 bits per heavy atom. The number of carbonyl (C=O) groups is 2. The summed E-state index contributed by atoms with van der Waals surface area (Å²) in [5, 5.41) is 22.5. The van der Waals surface area contributed by atoms with E-state index in [2.05, 4.69) is 10.1 Å². The molecule has 144 valence electrons. The monoisotopic (exact) mass is 377 g/mol. The smallest absolute Gasteiger partial charge is 0.407 e. The number of aliphatic hydroxyl groups is 2. The SMILES string of the molecule is COC(=O)c1cc(F)cc(C(O)C(O)CNC(=O)OCc2ccccc2)c1. The number of amides is 1. The lowest BCUT2D eigenvalue weighted by atomic mass is 10.0. The first-order valence-corrected chi connectivity index (χ1v) is 8.10. The molecule has 0 fully saturated rings. The fraction of sp³-hybridized carbons (Fsp3) is 0.263. The van der Waals surface area contributed by atoms with Gasteiger partial charge in [-0.15, -0.1) is 0 Å². The summed E-state index contributed by atoms with van der Waals surface area (Å²) in [7, 11) is 1.14. The number of hydrogen-bond acceptors (Lipinski definition) is 6. The van der Waals surface area contributed by atoms with E-state index in [9.17, 15) is 24.2 Å². The number of alkyl carbamates (subject to hydrolysis) is 1. The molecule has 0 saturated heterocycles. The first-order chi connectivity index (χ1) is 12.9. The normalized spacial score (nSPS) is 12.7. The average molecular weight is 377 g/mol. The van der Waals surface area contributed by atoms with E-state index in [0.29, 0.717) is 0 Å². The third-order valence-corrected chi connectivity index (χ3v) is 3.72. The van der Waals surface area contributed by atoms with E-state index < -0.39 is 30.1 Å². The molecule has 1 amide bonds. The van der Waals surface area contributed by atoms with Crippen LogP contribution in [0.4, 0.5) is 9.18 Å². The summed E-state index contributed by atoms with van der Waals surface area (Å²) in [6.07, 6.45) is -3.75. The van der Waals surface area contributed by atoms with Gasteiger partial charge in [-0.2, -0.15) is 0 Å². The lowest BCUT2D eigenvalue weighted by Crippen LogP contribution is -2.35. The number of benzene rings is 2. The van der Waals surface area contributed by atoms with Gasteiger partial charge in [0.2, 0.25) is 0 Å². The molecule has 3 N–H and O–H groups in total. The number of halogens is 1. The van der Waals surface area contributed by atoms with Crippen molar-refractivity contribution in [1.82, 2.24) is 5.32 Å². The van der Waals surface area contributed by atoms with Crippen molar-refractivity contribution >= 4 is 12.1 Å². The van der Waals surface area contributed by atoms with Crippen LogP contribution in [0.2, 0.25) is 0 Å². The van der Waals surface area contributed by atoms with Crippen molar-refractivity contribution in [2.75, 3.05) is 13.7 Å². The Hall–Kier alpha value is -2.97. The van der Waals surface area contributed by atoms with Crippen LogP contribution < -0.4 is 5.32 Å². The van der Waals surface area contributed by atoms with Gasteiger partial charge in [0, 0.05) is 6.54 Å². The van der Waals surface area contributed by atoms with Crippen LogP contribution in [0.3, 0.4) is 0 Å². The molecule has 0 heterocycles. The second-order valence-electron chi connectivity index (χ2n) is 5.72. The summed E-state index contributed by atoms with van der Waals surface area (Å²) in [6, 6.07) is 12.2. The maximum Gasteiger partial charge on any atom is 0.407 e.